The lowest BCUT2D eigenvalue weighted by Crippen LogP contribution is -2.41. The Bertz CT molecular complexity index is 766. The van der Waals surface area contributed by atoms with Crippen molar-refractivity contribution in [2.24, 2.45) is 0 Å². The molecule has 24 heavy (non-hydrogen) atoms. The van der Waals surface area contributed by atoms with Crippen molar-refractivity contribution in [1.29, 1.82) is 0 Å². The van der Waals surface area contributed by atoms with Crippen LogP contribution in [-0.2, 0) is 10.3 Å². The van der Waals surface area contributed by atoms with E-state index >= 15 is 0 Å². The molecular weight excluding hydrogens is 311 g/mol. The molecule has 1 atom stereocenters. The molecule has 1 aliphatic heterocycles. The molecule has 5 nitrogen and oxygen atoms in total. The molecular formula is C18H17FN2O3. The van der Waals surface area contributed by atoms with Gasteiger partial charge in [0.05, 0.1) is 6.54 Å². The van der Waals surface area contributed by atoms with Gasteiger partial charge in [-0.3, -0.25) is 9.69 Å². The summed E-state index contributed by atoms with van der Waals surface area (Å²) in [7, 11) is 0. The number of imide groups is 1. The second kappa shape index (κ2) is 6.31. The Morgan fingerprint density at radius 3 is 2.46 bits per heavy atom. The van der Waals surface area contributed by atoms with Crippen LogP contribution in [0.1, 0.15) is 12.5 Å². The first-order chi connectivity index (χ1) is 11.5. The molecule has 0 aliphatic carbocycles. The normalized spacial score (nSPS) is 20.2. The van der Waals surface area contributed by atoms with Gasteiger partial charge in [-0.1, -0.05) is 42.5 Å². The minimum absolute atomic E-state index is 0.0188. The fourth-order valence-electron chi connectivity index (χ4n) is 2.68. The van der Waals surface area contributed by atoms with Crippen molar-refractivity contribution in [3.05, 3.63) is 66.0 Å². The van der Waals surface area contributed by atoms with Crippen LogP contribution in [-0.4, -0.2) is 30.0 Å². The van der Waals surface area contributed by atoms with E-state index in [4.69, 9.17) is 4.74 Å². The Morgan fingerprint density at radius 1 is 1.08 bits per heavy atom. The topological polar surface area (TPSA) is 58.6 Å². The minimum Gasteiger partial charge on any atom is -0.489 e. The van der Waals surface area contributed by atoms with Gasteiger partial charge < -0.3 is 10.1 Å². The molecule has 124 valence electrons. The van der Waals surface area contributed by atoms with Gasteiger partial charge in [-0.15, -0.1) is 0 Å². The summed E-state index contributed by atoms with van der Waals surface area (Å²) < 4.78 is 18.8. The number of para-hydroxylation sites is 1. The third-order valence-corrected chi connectivity index (χ3v) is 4.04. The number of carbonyl (C=O) groups is 2. The first kappa shape index (κ1) is 16.0. The molecule has 2 aromatic carbocycles. The van der Waals surface area contributed by atoms with E-state index in [0.29, 0.717) is 5.56 Å². The van der Waals surface area contributed by atoms with Crippen LogP contribution < -0.4 is 10.1 Å². The molecule has 2 aromatic rings. The standard InChI is InChI=1S/C18H17FN2O3/c1-18(13-7-3-2-4-8-13)16(22)21(17(23)20-18)11-12-24-15-10-6-5-9-14(15)19/h2-10H,11-12H2,1H3,(H,20,23). The van der Waals surface area contributed by atoms with Crippen LogP contribution in [0.25, 0.3) is 0 Å². The molecule has 1 aliphatic rings. The average Bonchev–Trinajstić information content (AvgIpc) is 2.81. The number of ether oxygens (including phenoxy) is 1. The van der Waals surface area contributed by atoms with Crippen LogP contribution in [0, 0.1) is 5.82 Å². The number of nitrogens with one attached hydrogen (secondary N) is 1. The van der Waals surface area contributed by atoms with Gasteiger partial charge in [0.1, 0.15) is 12.1 Å². The lowest BCUT2D eigenvalue weighted by atomic mass is 9.92. The summed E-state index contributed by atoms with van der Waals surface area (Å²) in [6, 6.07) is 14.6. The smallest absolute Gasteiger partial charge is 0.325 e. The van der Waals surface area contributed by atoms with Crippen LogP contribution in [0.15, 0.2) is 54.6 Å². The van der Waals surface area contributed by atoms with Crippen LogP contribution in [0.3, 0.4) is 0 Å². The number of hydrogen-bond acceptors (Lipinski definition) is 3. The summed E-state index contributed by atoms with van der Waals surface area (Å²) in [5.41, 5.74) is -0.392. The summed E-state index contributed by atoms with van der Waals surface area (Å²) in [6.07, 6.45) is 0. The lowest BCUT2D eigenvalue weighted by Gasteiger charge is -2.22. The Balaban J connectivity index is 1.68. The van der Waals surface area contributed by atoms with Gasteiger partial charge in [0.2, 0.25) is 0 Å². The molecule has 1 unspecified atom stereocenters. The SMILES string of the molecule is CC1(c2ccccc2)NC(=O)N(CCOc2ccccc2F)C1=O. The highest BCUT2D eigenvalue weighted by atomic mass is 19.1. The van der Waals surface area contributed by atoms with Crippen molar-refractivity contribution >= 4 is 11.9 Å². The second-order valence-corrected chi connectivity index (χ2v) is 5.66. The molecule has 1 N–H and O–H groups in total. The maximum Gasteiger partial charge on any atom is 0.325 e. The quantitative estimate of drug-likeness (QED) is 0.859. The van der Waals surface area contributed by atoms with E-state index in [1.807, 2.05) is 18.2 Å². The average molecular weight is 328 g/mol. The van der Waals surface area contributed by atoms with Gasteiger partial charge in [0.25, 0.3) is 5.91 Å². The summed E-state index contributed by atoms with van der Waals surface area (Å²) in [4.78, 5) is 25.9. The predicted octanol–water partition coefficient (Wildman–Crippen LogP) is 2.67. The van der Waals surface area contributed by atoms with E-state index < -0.39 is 17.4 Å². The van der Waals surface area contributed by atoms with E-state index in [9.17, 15) is 14.0 Å². The number of carbonyl (C=O) groups excluding carboxylic acids is 2. The van der Waals surface area contributed by atoms with Crippen molar-refractivity contribution in [2.45, 2.75) is 12.5 Å². The third-order valence-electron chi connectivity index (χ3n) is 4.04. The number of rotatable bonds is 5. The molecule has 0 saturated carbocycles. The fraction of sp³-hybridized carbons (Fsp3) is 0.222. The largest absolute Gasteiger partial charge is 0.489 e. The fourth-order valence-corrected chi connectivity index (χ4v) is 2.68. The molecule has 6 heteroatoms. The van der Waals surface area contributed by atoms with Crippen molar-refractivity contribution in [3.63, 3.8) is 0 Å². The van der Waals surface area contributed by atoms with Gasteiger partial charge in [0.15, 0.2) is 11.6 Å². The highest BCUT2D eigenvalue weighted by Gasteiger charge is 2.48. The van der Waals surface area contributed by atoms with E-state index in [1.54, 1.807) is 31.2 Å². The first-order valence-corrected chi connectivity index (χ1v) is 7.59. The van der Waals surface area contributed by atoms with Gasteiger partial charge in [-0.2, -0.15) is 0 Å². The van der Waals surface area contributed by atoms with Crippen LogP contribution in [0.5, 0.6) is 5.75 Å². The van der Waals surface area contributed by atoms with Gasteiger partial charge in [0, 0.05) is 0 Å². The summed E-state index contributed by atoms with van der Waals surface area (Å²) in [5.74, 6) is -0.741. The number of halogens is 1. The van der Waals surface area contributed by atoms with Gasteiger partial charge in [-0.25, -0.2) is 9.18 Å². The monoisotopic (exact) mass is 328 g/mol. The number of nitrogens with zero attached hydrogens (tertiary/aromatic N) is 1. The summed E-state index contributed by atoms with van der Waals surface area (Å²) >= 11 is 0. The van der Waals surface area contributed by atoms with Crippen LogP contribution in [0.2, 0.25) is 0 Å². The zero-order valence-electron chi connectivity index (χ0n) is 13.2. The van der Waals surface area contributed by atoms with E-state index in [2.05, 4.69) is 5.32 Å². The zero-order chi connectivity index (χ0) is 17.2. The van der Waals surface area contributed by atoms with Crippen molar-refractivity contribution in [3.8, 4) is 5.75 Å². The Kier molecular flexibility index (Phi) is 4.20. The van der Waals surface area contributed by atoms with Crippen LogP contribution >= 0.6 is 0 Å². The number of hydrogen-bond donors (Lipinski definition) is 1. The molecule has 1 saturated heterocycles. The molecule has 0 bridgehead atoms. The van der Waals surface area contributed by atoms with Crippen molar-refractivity contribution in [1.82, 2.24) is 10.2 Å². The van der Waals surface area contributed by atoms with Crippen molar-refractivity contribution < 1.29 is 18.7 Å². The minimum atomic E-state index is -1.10. The summed E-state index contributed by atoms with van der Waals surface area (Å²) in [5, 5.41) is 2.71. The van der Waals surface area contributed by atoms with Crippen molar-refractivity contribution in [2.75, 3.05) is 13.2 Å². The maximum absolute atomic E-state index is 13.5. The molecule has 0 spiro atoms. The second-order valence-electron chi connectivity index (χ2n) is 5.66. The van der Waals surface area contributed by atoms with E-state index in [0.717, 1.165) is 4.90 Å². The zero-order valence-corrected chi connectivity index (χ0v) is 13.2. The number of benzene rings is 2. The number of urea groups is 1. The number of amides is 3. The Labute approximate surface area is 139 Å². The van der Waals surface area contributed by atoms with Gasteiger partial charge >= 0.3 is 6.03 Å². The highest BCUT2D eigenvalue weighted by molar-refractivity contribution is 6.07. The van der Waals surface area contributed by atoms with Gasteiger partial charge in [-0.05, 0) is 24.6 Å². The lowest BCUT2D eigenvalue weighted by molar-refractivity contribution is -0.131. The Morgan fingerprint density at radius 2 is 1.75 bits per heavy atom. The molecule has 0 aromatic heterocycles. The van der Waals surface area contributed by atoms with E-state index in [1.165, 1.54) is 12.1 Å². The predicted molar refractivity (Wildman–Crippen MR) is 85.9 cm³/mol. The Hall–Kier alpha value is -2.89. The maximum atomic E-state index is 13.5. The van der Waals surface area contributed by atoms with E-state index in [-0.39, 0.29) is 24.8 Å². The van der Waals surface area contributed by atoms with Crippen LogP contribution in [0.4, 0.5) is 9.18 Å². The third kappa shape index (κ3) is 2.82. The first-order valence-electron chi connectivity index (χ1n) is 7.59. The molecule has 0 radical (unpaired) electrons. The molecule has 3 rings (SSSR count). The molecule has 1 fully saturated rings. The molecule has 3 amide bonds. The molecule has 1 heterocycles. The highest BCUT2D eigenvalue weighted by Crippen LogP contribution is 2.28. The summed E-state index contributed by atoms with van der Waals surface area (Å²) in [6.45, 7) is 1.73.